The van der Waals surface area contributed by atoms with Crippen LogP contribution in [0, 0.1) is 0 Å². The molecule has 0 amide bonds. The Labute approximate surface area is 91.9 Å². The van der Waals surface area contributed by atoms with E-state index in [2.05, 4.69) is 19.6 Å². The molecule has 0 aliphatic carbocycles. The topological polar surface area (TPSA) is 40.5 Å². The lowest BCUT2D eigenvalue weighted by Gasteiger charge is -2.26. The molecule has 0 aromatic rings. The number of rotatable bonds is 8. The van der Waals surface area contributed by atoms with Crippen LogP contribution in [0.5, 0.6) is 0 Å². The number of aliphatic carboxylic acids is 1. The molecule has 4 heteroatoms. The van der Waals surface area contributed by atoms with Crippen LogP contribution in [0.2, 0.25) is 0 Å². The summed E-state index contributed by atoms with van der Waals surface area (Å²) >= 11 is 4.07. The summed E-state index contributed by atoms with van der Waals surface area (Å²) in [5.74, 6) is -0.381. The number of nitrogens with zero attached hydrogens (tertiary/aromatic N) is 1. The Hall–Kier alpha value is -0.220. The standard InChI is InChI=1S/C10H21NO2S/c1-3-5-6-7-11(4-2)9(8-14)10(12)13/h9,14H,3-8H2,1-2H3,(H,12,13). The van der Waals surface area contributed by atoms with Crippen LogP contribution in [0.15, 0.2) is 0 Å². The Morgan fingerprint density at radius 2 is 2.07 bits per heavy atom. The summed E-state index contributed by atoms with van der Waals surface area (Å²) in [6.07, 6.45) is 3.40. The van der Waals surface area contributed by atoms with Crippen molar-refractivity contribution >= 4 is 18.6 Å². The Balaban J connectivity index is 4.01. The molecule has 0 fully saturated rings. The zero-order chi connectivity index (χ0) is 11.0. The number of carboxylic acids is 1. The third kappa shape index (κ3) is 4.86. The van der Waals surface area contributed by atoms with E-state index >= 15 is 0 Å². The number of hydrogen-bond acceptors (Lipinski definition) is 3. The van der Waals surface area contributed by atoms with Crippen molar-refractivity contribution in [1.82, 2.24) is 4.90 Å². The molecule has 14 heavy (non-hydrogen) atoms. The summed E-state index contributed by atoms with van der Waals surface area (Å²) in [5, 5.41) is 8.94. The van der Waals surface area contributed by atoms with E-state index in [1.165, 1.54) is 0 Å². The van der Waals surface area contributed by atoms with Gasteiger partial charge in [-0.15, -0.1) is 0 Å². The van der Waals surface area contributed by atoms with E-state index in [1.807, 2.05) is 11.8 Å². The van der Waals surface area contributed by atoms with Crippen LogP contribution in [-0.2, 0) is 4.79 Å². The van der Waals surface area contributed by atoms with Gasteiger partial charge in [-0.1, -0.05) is 26.7 Å². The first-order chi connectivity index (χ1) is 6.67. The van der Waals surface area contributed by atoms with Gasteiger partial charge in [0, 0.05) is 5.75 Å². The van der Waals surface area contributed by atoms with Gasteiger partial charge in [-0.3, -0.25) is 9.69 Å². The summed E-state index contributed by atoms with van der Waals surface area (Å²) in [6.45, 7) is 5.78. The first-order valence-corrected chi connectivity index (χ1v) is 5.88. The predicted molar refractivity (Wildman–Crippen MR) is 62.0 cm³/mol. The first-order valence-electron chi connectivity index (χ1n) is 5.25. The van der Waals surface area contributed by atoms with Crippen LogP contribution in [0.3, 0.4) is 0 Å². The number of unbranched alkanes of at least 4 members (excludes halogenated alkanes) is 2. The second-order valence-corrected chi connectivity index (χ2v) is 3.74. The van der Waals surface area contributed by atoms with Gasteiger partial charge >= 0.3 is 5.97 Å². The Morgan fingerprint density at radius 3 is 2.43 bits per heavy atom. The van der Waals surface area contributed by atoms with Crippen LogP contribution >= 0.6 is 12.6 Å². The molecule has 0 heterocycles. The average molecular weight is 219 g/mol. The molecule has 84 valence electrons. The normalized spacial score (nSPS) is 13.1. The van der Waals surface area contributed by atoms with Crippen molar-refractivity contribution in [2.75, 3.05) is 18.8 Å². The Kier molecular flexibility index (Phi) is 7.99. The van der Waals surface area contributed by atoms with Crippen LogP contribution in [0.25, 0.3) is 0 Å². The van der Waals surface area contributed by atoms with Gasteiger partial charge in [0.15, 0.2) is 0 Å². The van der Waals surface area contributed by atoms with Crippen molar-refractivity contribution < 1.29 is 9.90 Å². The van der Waals surface area contributed by atoms with Crippen molar-refractivity contribution in [2.45, 2.75) is 39.2 Å². The molecule has 0 spiro atoms. The van der Waals surface area contributed by atoms with Gasteiger partial charge in [-0.25, -0.2) is 0 Å². The monoisotopic (exact) mass is 219 g/mol. The minimum absolute atomic E-state index is 0.384. The summed E-state index contributed by atoms with van der Waals surface area (Å²) in [4.78, 5) is 12.9. The smallest absolute Gasteiger partial charge is 0.321 e. The predicted octanol–water partition coefficient (Wildman–Crippen LogP) is 1.88. The van der Waals surface area contributed by atoms with E-state index in [1.54, 1.807) is 0 Å². The fourth-order valence-corrected chi connectivity index (χ4v) is 1.84. The fourth-order valence-electron chi connectivity index (χ4n) is 1.45. The summed E-state index contributed by atoms with van der Waals surface area (Å²) in [6, 6.07) is -0.430. The van der Waals surface area contributed by atoms with Gasteiger partial charge in [0.2, 0.25) is 0 Å². The van der Waals surface area contributed by atoms with Crippen LogP contribution < -0.4 is 0 Å². The number of hydrogen-bond donors (Lipinski definition) is 2. The van der Waals surface area contributed by atoms with Crippen molar-refractivity contribution in [3.8, 4) is 0 Å². The van der Waals surface area contributed by atoms with Gasteiger partial charge in [-0.2, -0.15) is 12.6 Å². The molecule has 0 saturated carbocycles. The molecule has 0 bridgehead atoms. The van der Waals surface area contributed by atoms with Gasteiger partial charge in [0.05, 0.1) is 0 Å². The molecule has 0 saturated heterocycles. The van der Waals surface area contributed by atoms with Crippen LogP contribution in [-0.4, -0.2) is 40.9 Å². The van der Waals surface area contributed by atoms with E-state index in [0.29, 0.717) is 5.75 Å². The minimum Gasteiger partial charge on any atom is -0.480 e. The fraction of sp³-hybridized carbons (Fsp3) is 0.900. The molecule has 0 aliphatic rings. The van der Waals surface area contributed by atoms with E-state index < -0.39 is 12.0 Å². The molecule has 1 unspecified atom stereocenters. The quantitative estimate of drug-likeness (QED) is 0.484. The first kappa shape index (κ1) is 13.8. The van der Waals surface area contributed by atoms with Gasteiger partial charge < -0.3 is 5.11 Å². The maximum Gasteiger partial charge on any atom is 0.321 e. The molecule has 0 rings (SSSR count). The van der Waals surface area contributed by atoms with Gasteiger partial charge in [0.1, 0.15) is 6.04 Å². The molecule has 0 aromatic heterocycles. The highest BCUT2D eigenvalue weighted by atomic mass is 32.1. The molecular formula is C10H21NO2S. The highest BCUT2D eigenvalue weighted by Gasteiger charge is 2.21. The van der Waals surface area contributed by atoms with Crippen LogP contribution in [0.4, 0.5) is 0 Å². The zero-order valence-corrected chi connectivity index (χ0v) is 9.96. The highest BCUT2D eigenvalue weighted by molar-refractivity contribution is 7.80. The molecule has 0 aliphatic heterocycles. The SMILES string of the molecule is CCCCCN(CC)C(CS)C(=O)O. The molecule has 0 aromatic carbocycles. The molecule has 0 radical (unpaired) electrons. The summed E-state index contributed by atoms with van der Waals surface area (Å²) in [7, 11) is 0. The van der Waals surface area contributed by atoms with Crippen molar-refractivity contribution in [3.05, 3.63) is 0 Å². The lowest BCUT2D eigenvalue weighted by Crippen LogP contribution is -2.43. The third-order valence-corrected chi connectivity index (χ3v) is 2.70. The average Bonchev–Trinajstić information content (AvgIpc) is 2.16. The maximum atomic E-state index is 10.9. The number of thiol groups is 1. The van der Waals surface area contributed by atoms with E-state index in [4.69, 9.17) is 5.11 Å². The Bertz CT molecular complexity index is 164. The van der Waals surface area contributed by atoms with Gasteiger partial charge in [-0.05, 0) is 19.5 Å². The lowest BCUT2D eigenvalue weighted by molar-refractivity contribution is -0.142. The molecular weight excluding hydrogens is 198 g/mol. The zero-order valence-electron chi connectivity index (χ0n) is 9.07. The van der Waals surface area contributed by atoms with E-state index in [0.717, 1.165) is 32.4 Å². The van der Waals surface area contributed by atoms with Gasteiger partial charge in [0.25, 0.3) is 0 Å². The maximum absolute atomic E-state index is 10.9. The number of carboxylic acid groups (broad SMARTS) is 1. The van der Waals surface area contributed by atoms with E-state index in [9.17, 15) is 4.79 Å². The molecule has 3 nitrogen and oxygen atoms in total. The summed E-state index contributed by atoms with van der Waals surface area (Å²) < 4.78 is 0. The number of carbonyl (C=O) groups is 1. The van der Waals surface area contributed by atoms with Crippen LogP contribution in [0.1, 0.15) is 33.1 Å². The Morgan fingerprint density at radius 1 is 1.43 bits per heavy atom. The highest BCUT2D eigenvalue weighted by Crippen LogP contribution is 2.05. The lowest BCUT2D eigenvalue weighted by atomic mass is 10.2. The van der Waals surface area contributed by atoms with E-state index in [-0.39, 0.29) is 0 Å². The van der Waals surface area contributed by atoms with Crippen molar-refractivity contribution in [1.29, 1.82) is 0 Å². The second-order valence-electron chi connectivity index (χ2n) is 3.37. The molecule has 1 atom stereocenters. The third-order valence-electron chi connectivity index (χ3n) is 2.35. The number of likely N-dealkylation sites (N-methyl/N-ethyl adjacent to an activating group) is 1. The molecule has 1 N–H and O–H groups in total. The summed E-state index contributed by atoms with van der Waals surface area (Å²) in [5.41, 5.74) is 0. The van der Waals surface area contributed by atoms with Crippen molar-refractivity contribution in [2.24, 2.45) is 0 Å². The largest absolute Gasteiger partial charge is 0.480 e. The second kappa shape index (κ2) is 8.12. The minimum atomic E-state index is -0.765. The van der Waals surface area contributed by atoms with Crippen molar-refractivity contribution in [3.63, 3.8) is 0 Å².